The van der Waals surface area contributed by atoms with E-state index in [1.807, 2.05) is 30.3 Å². The zero-order valence-corrected chi connectivity index (χ0v) is 22.2. The van der Waals surface area contributed by atoms with Crippen molar-refractivity contribution < 1.29 is 32.5 Å². The van der Waals surface area contributed by atoms with Crippen LogP contribution >= 0.6 is 10.8 Å². The molecule has 5 rings (SSSR count). The molecule has 3 aromatic carbocycles. The lowest BCUT2D eigenvalue weighted by Crippen LogP contribution is -2.43. The Kier molecular flexibility index (Phi) is 6.61. The molecule has 12 heteroatoms. The number of fused-ring (bicyclic) bond motifs is 2. The minimum atomic E-state index is -3.94. The first-order valence-electron chi connectivity index (χ1n) is 11.7. The number of benzene rings is 3. The van der Waals surface area contributed by atoms with Crippen molar-refractivity contribution in [1.29, 1.82) is 0 Å². The Morgan fingerprint density at radius 2 is 1.74 bits per heavy atom. The molecule has 0 radical (unpaired) electrons. The zero-order chi connectivity index (χ0) is 28.0. The number of aliphatic hydroxyl groups excluding tert-OH is 1. The quantitative estimate of drug-likeness (QED) is 0.248. The zero-order valence-electron chi connectivity index (χ0n) is 20.6. The van der Waals surface area contributed by atoms with Crippen LogP contribution in [-0.2, 0) is 20.4 Å². The van der Waals surface area contributed by atoms with Gasteiger partial charge in [-0.15, -0.1) is 4.40 Å². The molecule has 39 heavy (non-hydrogen) atoms. The first-order valence-corrected chi connectivity index (χ1v) is 15.1. The lowest BCUT2D eigenvalue weighted by Gasteiger charge is -2.38. The van der Waals surface area contributed by atoms with Crippen LogP contribution in [0.15, 0.2) is 93.7 Å². The van der Waals surface area contributed by atoms with E-state index in [1.165, 1.54) is 18.2 Å². The van der Waals surface area contributed by atoms with E-state index in [-0.39, 0.29) is 39.7 Å². The van der Waals surface area contributed by atoms with E-state index in [0.717, 1.165) is 11.8 Å². The van der Waals surface area contributed by atoms with E-state index in [0.29, 0.717) is 0 Å². The van der Waals surface area contributed by atoms with Gasteiger partial charge < -0.3 is 15.5 Å². The highest BCUT2D eigenvalue weighted by Crippen LogP contribution is 2.57. The van der Waals surface area contributed by atoms with Crippen LogP contribution in [-0.4, -0.2) is 45.6 Å². The Balaban J connectivity index is 1.56. The van der Waals surface area contributed by atoms with Gasteiger partial charge in [0, 0.05) is 17.5 Å². The number of anilines is 2. The Labute approximate surface area is 226 Å². The van der Waals surface area contributed by atoms with Gasteiger partial charge in [-0.05, 0) is 23.8 Å². The van der Waals surface area contributed by atoms with Gasteiger partial charge in [-0.2, -0.15) is 0 Å². The molecule has 0 fully saturated rings. The van der Waals surface area contributed by atoms with Crippen LogP contribution in [0.2, 0.25) is 0 Å². The van der Waals surface area contributed by atoms with Crippen molar-refractivity contribution in [1.82, 2.24) is 0 Å². The third-order valence-corrected chi connectivity index (χ3v) is 8.25. The van der Waals surface area contributed by atoms with Crippen LogP contribution in [0.4, 0.5) is 11.4 Å². The molecule has 0 aromatic heterocycles. The van der Waals surface area contributed by atoms with Gasteiger partial charge in [0.15, 0.2) is 11.4 Å². The summed E-state index contributed by atoms with van der Waals surface area (Å²) in [5.74, 6) is -1.70. The maximum Gasteiger partial charge on any atom is 0.229 e. The van der Waals surface area contributed by atoms with Crippen molar-refractivity contribution in [3.63, 3.8) is 0 Å². The fourth-order valence-corrected chi connectivity index (χ4v) is 6.28. The smallest absolute Gasteiger partial charge is 0.229 e. The molecular weight excluding hydrogens is 542 g/mol. The molecule has 10 nitrogen and oxygen atoms in total. The molecule has 0 bridgehead atoms. The van der Waals surface area contributed by atoms with Crippen molar-refractivity contribution in [3.05, 3.63) is 101 Å². The summed E-state index contributed by atoms with van der Waals surface area (Å²) in [6.45, 7) is 0. The second-order valence-electron chi connectivity index (χ2n) is 9.14. The van der Waals surface area contributed by atoms with Crippen LogP contribution in [0.1, 0.15) is 23.1 Å². The molecule has 0 saturated carbocycles. The Morgan fingerprint density at radius 3 is 2.46 bits per heavy atom. The number of rotatable bonds is 6. The number of carbonyl (C=O) groups excluding carboxylic acids is 1. The molecule has 202 valence electrons. The molecule has 3 aromatic rings. The Hall–Kier alpha value is -3.94. The number of hydrogen-bond donors (Lipinski definition) is 6. The highest BCUT2D eigenvalue weighted by molar-refractivity contribution is 8.23. The van der Waals surface area contributed by atoms with Crippen molar-refractivity contribution in [2.75, 3.05) is 16.3 Å². The van der Waals surface area contributed by atoms with E-state index < -0.39 is 43.5 Å². The van der Waals surface area contributed by atoms with Gasteiger partial charge in [0.2, 0.25) is 15.8 Å². The van der Waals surface area contributed by atoms with Gasteiger partial charge in [0.1, 0.15) is 16.2 Å². The highest BCUT2D eigenvalue weighted by Gasteiger charge is 2.48. The number of carbonyl (C=O) groups is 1. The number of amidine groups is 1. The van der Waals surface area contributed by atoms with Crippen molar-refractivity contribution in [2.45, 2.75) is 16.9 Å². The molecule has 0 spiro atoms. The van der Waals surface area contributed by atoms with Gasteiger partial charge in [0.05, 0.1) is 17.6 Å². The molecular formula is C27H25N3O7S2. The Morgan fingerprint density at radius 1 is 1.05 bits per heavy atom. The minimum absolute atomic E-state index is 0.0842. The fourth-order valence-electron chi connectivity index (χ4n) is 4.54. The number of sulfonamides is 1. The summed E-state index contributed by atoms with van der Waals surface area (Å²) in [4.78, 5) is 13.7. The summed E-state index contributed by atoms with van der Waals surface area (Å²) in [6, 6.07) is 19.7. The van der Waals surface area contributed by atoms with Crippen LogP contribution in [0.25, 0.3) is 11.8 Å². The van der Waals surface area contributed by atoms with E-state index in [2.05, 4.69) is 14.4 Å². The fraction of sp³-hybridized carbons (Fsp3) is 0.111. The summed E-state index contributed by atoms with van der Waals surface area (Å²) in [7, 11) is -7.56. The van der Waals surface area contributed by atoms with E-state index >= 15 is 0 Å². The summed E-state index contributed by atoms with van der Waals surface area (Å²) < 4.78 is 51.1. The second-order valence-corrected chi connectivity index (χ2v) is 12.6. The topological polar surface area (TPSA) is 169 Å². The summed E-state index contributed by atoms with van der Waals surface area (Å²) in [5, 5.41) is 25.7. The monoisotopic (exact) mass is 567 g/mol. The number of nitrogens with one attached hydrogen (secondary N) is 2. The average molecular weight is 568 g/mol. The number of ketones is 1. The standard InChI is InChI=1S/C27H25N3O7S2/c1-38(34,35)29-18-13-14-21-22(16-18)39(36,37)30-26(28-21)23-24(31)19-11-5-6-12-20(19)27(33,25(23)32)15-7-10-17-8-3-2-4-9-17/h2-14,16,29,31,33,36-37H,15H2,1H3,(H,28,30). The normalized spacial score (nSPS) is 21.0. The maximum atomic E-state index is 13.8. The second kappa shape index (κ2) is 9.67. The number of aliphatic hydroxyl groups is 2. The van der Waals surface area contributed by atoms with E-state index in [1.54, 1.807) is 36.4 Å². The van der Waals surface area contributed by atoms with E-state index in [9.17, 15) is 32.5 Å². The van der Waals surface area contributed by atoms with Gasteiger partial charge in [0.25, 0.3) is 0 Å². The third kappa shape index (κ3) is 5.07. The largest absolute Gasteiger partial charge is 0.506 e. The number of Topliss-reactive ketones (excluding diaryl/α,β-unsaturated/α-hetero) is 1. The van der Waals surface area contributed by atoms with Gasteiger partial charge in [-0.25, -0.2) is 8.42 Å². The van der Waals surface area contributed by atoms with Crippen molar-refractivity contribution in [2.24, 2.45) is 4.40 Å². The molecule has 1 unspecified atom stereocenters. The molecule has 6 N–H and O–H groups in total. The lowest BCUT2D eigenvalue weighted by atomic mass is 9.75. The SMILES string of the molecule is CS(=O)(=O)Nc1ccc2c(c1)S(O)(O)N=C(C1=C(O)c3ccccc3C(O)(CC=Cc3ccccc3)C1=O)N2. The molecule has 1 atom stereocenters. The predicted molar refractivity (Wildman–Crippen MR) is 152 cm³/mol. The van der Waals surface area contributed by atoms with Crippen LogP contribution in [0, 0.1) is 0 Å². The summed E-state index contributed by atoms with van der Waals surface area (Å²) in [6.07, 6.45) is 4.24. The van der Waals surface area contributed by atoms with Crippen LogP contribution < -0.4 is 10.0 Å². The minimum Gasteiger partial charge on any atom is -0.506 e. The van der Waals surface area contributed by atoms with E-state index in [4.69, 9.17) is 0 Å². The first kappa shape index (κ1) is 26.7. The van der Waals surface area contributed by atoms with Crippen LogP contribution in [0.3, 0.4) is 0 Å². The van der Waals surface area contributed by atoms with Crippen molar-refractivity contribution in [3.8, 4) is 0 Å². The summed E-state index contributed by atoms with van der Waals surface area (Å²) >= 11 is 0. The number of nitrogens with zero attached hydrogens (tertiary/aromatic N) is 1. The molecule has 2 aliphatic rings. The van der Waals surface area contributed by atoms with Gasteiger partial charge in [-0.3, -0.25) is 18.6 Å². The Bertz CT molecular complexity index is 1680. The predicted octanol–water partition coefficient (Wildman–Crippen LogP) is 4.75. The lowest BCUT2D eigenvalue weighted by molar-refractivity contribution is -0.133. The molecule has 1 heterocycles. The maximum absolute atomic E-state index is 13.8. The molecule has 0 amide bonds. The first-order chi connectivity index (χ1) is 18.4. The molecule has 1 aliphatic heterocycles. The van der Waals surface area contributed by atoms with Gasteiger partial charge >= 0.3 is 0 Å². The number of hydrogen-bond acceptors (Lipinski definition) is 9. The summed E-state index contributed by atoms with van der Waals surface area (Å²) in [5.41, 5.74) is -1.01. The van der Waals surface area contributed by atoms with Crippen molar-refractivity contribution >= 4 is 55.6 Å². The molecule has 0 saturated heterocycles. The van der Waals surface area contributed by atoms with Gasteiger partial charge in [-0.1, -0.05) is 77.5 Å². The highest BCUT2D eigenvalue weighted by atomic mass is 32.3. The van der Waals surface area contributed by atoms with Crippen LogP contribution in [0.5, 0.6) is 0 Å². The molecule has 1 aliphatic carbocycles. The average Bonchev–Trinajstić information content (AvgIpc) is 2.88. The third-order valence-electron chi connectivity index (χ3n) is 6.28.